The van der Waals surface area contributed by atoms with Crippen LogP contribution < -0.4 is 10.2 Å². The molecular formula is C17H20N2O6S. The van der Waals surface area contributed by atoms with Gasteiger partial charge in [0.05, 0.1) is 17.1 Å². The number of esters is 1. The van der Waals surface area contributed by atoms with E-state index in [1.807, 2.05) is 0 Å². The third kappa shape index (κ3) is 4.40. The highest BCUT2D eigenvalue weighted by Gasteiger charge is 2.29. The van der Waals surface area contributed by atoms with Crippen molar-refractivity contribution in [1.82, 2.24) is 5.32 Å². The monoisotopic (exact) mass is 380 g/mol. The second-order valence-electron chi connectivity index (χ2n) is 6.44. The van der Waals surface area contributed by atoms with E-state index in [1.165, 1.54) is 0 Å². The predicted molar refractivity (Wildman–Crippen MR) is 93.5 cm³/mol. The lowest BCUT2D eigenvalue weighted by Gasteiger charge is -2.16. The summed E-state index contributed by atoms with van der Waals surface area (Å²) in [6.07, 6.45) is 1.64. The molecule has 0 aromatic heterocycles. The standard InChI is InChI=1S/C17H20N2O6S/c20-15(18-13-6-8-26(23,24)11-13)10-25-17(22)12-3-1-4-14(9-12)19-7-2-5-16(19)21/h1,3-4,9,13H,2,5-8,10-11H2,(H,18,20)/t13-/m0/s1. The Morgan fingerprint density at radius 2 is 2.12 bits per heavy atom. The Morgan fingerprint density at radius 3 is 2.77 bits per heavy atom. The fourth-order valence-corrected chi connectivity index (χ4v) is 4.79. The van der Waals surface area contributed by atoms with Crippen molar-refractivity contribution in [2.75, 3.05) is 29.6 Å². The quantitative estimate of drug-likeness (QED) is 0.735. The molecule has 2 heterocycles. The fourth-order valence-electron chi connectivity index (χ4n) is 3.11. The Kier molecular flexibility index (Phi) is 5.26. The van der Waals surface area contributed by atoms with Gasteiger partial charge in [0.1, 0.15) is 0 Å². The number of anilines is 1. The summed E-state index contributed by atoms with van der Waals surface area (Å²) < 4.78 is 27.7. The first-order chi connectivity index (χ1) is 12.3. The molecule has 1 aromatic carbocycles. The molecule has 1 N–H and O–H groups in total. The molecule has 0 aliphatic carbocycles. The van der Waals surface area contributed by atoms with Gasteiger partial charge in [0, 0.05) is 24.7 Å². The van der Waals surface area contributed by atoms with Crippen LogP contribution in [-0.4, -0.2) is 56.9 Å². The highest BCUT2D eigenvalue weighted by Crippen LogP contribution is 2.22. The maximum Gasteiger partial charge on any atom is 0.338 e. The molecule has 0 bridgehead atoms. The summed E-state index contributed by atoms with van der Waals surface area (Å²) in [6, 6.07) is 6.07. The van der Waals surface area contributed by atoms with E-state index >= 15 is 0 Å². The molecule has 8 nitrogen and oxygen atoms in total. The number of nitrogens with zero attached hydrogens (tertiary/aromatic N) is 1. The molecule has 2 fully saturated rings. The van der Waals surface area contributed by atoms with Crippen molar-refractivity contribution < 1.29 is 27.5 Å². The minimum Gasteiger partial charge on any atom is -0.452 e. The van der Waals surface area contributed by atoms with Gasteiger partial charge in [-0.15, -0.1) is 0 Å². The Morgan fingerprint density at radius 1 is 1.31 bits per heavy atom. The number of benzene rings is 1. The maximum atomic E-state index is 12.1. The van der Waals surface area contributed by atoms with Crippen LogP contribution in [0.15, 0.2) is 24.3 Å². The summed E-state index contributed by atoms with van der Waals surface area (Å²) >= 11 is 0. The number of carbonyl (C=O) groups excluding carboxylic acids is 3. The first-order valence-electron chi connectivity index (χ1n) is 8.41. The van der Waals surface area contributed by atoms with Gasteiger partial charge < -0.3 is 15.0 Å². The van der Waals surface area contributed by atoms with Gasteiger partial charge in [-0.05, 0) is 31.0 Å². The lowest BCUT2D eigenvalue weighted by molar-refractivity contribution is -0.124. The van der Waals surface area contributed by atoms with E-state index in [0.29, 0.717) is 25.1 Å². The van der Waals surface area contributed by atoms with Crippen molar-refractivity contribution in [3.63, 3.8) is 0 Å². The molecule has 3 rings (SSSR count). The van der Waals surface area contributed by atoms with Crippen LogP contribution in [0.2, 0.25) is 0 Å². The average Bonchev–Trinajstić information content (AvgIpc) is 3.17. The summed E-state index contributed by atoms with van der Waals surface area (Å²) in [4.78, 5) is 37.4. The SMILES string of the molecule is O=C(COC(=O)c1cccc(N2CCCC2=O)c1)N[C@H]1CCS(=O)(=O)C1. The Hall–Kier alpha value is -2.42. The summed E-state index contributed by atoms with van der Waals surface area (Å²) in [5, 5.41) is 2.56. The number of rotatable bonds is 5. The molecule has 1 atom stereocenters. The molecule has 2 aliphatic heterocycles. The molecular weight excluding hydrogens is 360 g/mol. The molecule has 9 heteroatoms. The number of sulfone groups is 1. The zero-order valence-electron chi connectivity index (χ0n) is 14.1. The lowest BCUT2D eigenvalue weighted by Crippen LogP contribution is -2.38. The molecule has 2 amide bonds. The second kappa shape index (κ2) is 7.45. The molecule has 1 aromatic rings. The first kappa shape index (κ1) is 18.4. The largest absolute Gasteiger partial charge is 0.452 e. The summed E-state index contributed by atoms with van der Waals surface area (Å²) in [6.45, 7) is 0.131. The van der Waals surface area contributed by atoms with Crippen molar-refractivity contribution in [2.24, 2.45) is 0 Å². The van der Waals surface area contributed by atoms with Crippen LogP contribution in [0.25, 0.3) is 0 Å². The van der Waals surface area contributed by atoms with Gasteiger partial charge in [0.25, 0.3) is 5.91 Å². The van der Waals surface area contributed by atoms with E-state index in [9.17, 15) is 22.8 Å². The minimum atomic E-state index is -3.09. The molecule has 2 aliphatic rings. The van der Waals surface area contributed by atoms with Gasteiger partial charge in [0.15, 0.2) is 16.4 Å². The van der Waals surface area contributed by atoms with Gasteiger partial charge in [-0.3, -0.25) is 9.59 Å². The Bertz CT molecular complexity index is 835. The van der Waals surface area contributed by atoms with Crippen molar-refractivity contribution in [1.29, 1.82) is 0 Å². The first-order valence-corrected chi connectivity index (χ1v) is 10.2. The highest BCUT2D eigenvalue weighted by molar-refractivity contribution is 7.91. The van der Waals surface area contributed by atoms with Crippen LogP contribution in [-0.2, 0) is 24.2 Å². The molecule has 2 saturated heterocycles. The Balaban J connectivity index is 1.53. The van der Waals surface area contributed by atoms with Crippen molar-refractivity contribution >= 4 is 33.3 Å². The van der Waals surface area contributed by atoms with Gasteiger partial charge in [-0.2, -0.15) is 0 Å². The smallest absolute Gasteiger partial charge is 0.338 e. The predicted octanol–water partition coefficient (Wildman–Crippen LogP) is 0.274. The Labute approximate surface area is 151 Å². The number of hydrogen-bond acceptors (Lipinski definition) is 6. The third-order valence-corrected chi connectivity index (χ3v) is 6.17. The van der Waals surface area contributed by atoms with Gasteiger partial charge in [-0.1, -0.05) is 6.07 Å². The van der Waals surface area contributed by atoms with Gasteiger partial charge in [-0.25, -0.2) is 13.2 Å². The van der Waals surface area contributed by atoms with Gasteiger partial charge in [0.2, 0.25) is 5.91 Å². The van der Waals surface area contributed by atoms with E-state index < -0.39 is 34.4 Å². The summed E-state index contributed by atoms with van der Waals surface area (Å²) in [5.74, 6) is -1.22. The molecule has 140 valence electrons. The minimum absolute atomic E-state index is 0.0152. The van der Waals surface area contributed by atoms with Crippen LogP contribution in [0.4, 0.5) is 5.69 Å². The van der Waals surface area contributed by atoms with Gasteiger partial charge >= 0.3 is 5.97 Å². The molecule has 26 heavy (non-hydrogen) atoms. The van der Waals surface area contributed by atoms with E-state index in [-0.39, 0.29) is 23.0 Å². The number of amides is 2. The maximum absolute atomic E-state index is 12.1. The number of nitrogens with one attached hydrogen (secondary N) is 1. The molecule has 0 radical (unpaired) electrons. The molecule has 0 spiro atoms. The van der Waals surface area contributed by atoms with E-state index in [2.05, 4.69) is 5.32 Å². The summed E-state index contributed by atoms with van der Waals surface area (Å²) in [5.41, 5.74) is 0.876. The number of carbonyl (C=O) groups is 3. The zero-order chi connectivity index (χ0) is 18.7. The van der Waals surface area contributed by atoms with Crippen molar-refractivity contribution in [3.8, 4) is 0 Å². The number of ether oxygens (including phenoxy) is 1. The molecule has 0 unspecified atom stereocenters. The highest BCUT2D eigenvalue weighted by atomic mass is 32.2. The van der Waals surface area contributed by atoms with E-state index in [4.69, 9.17) is 4.74 Å². The average molecular weight is 380 g/mol. The van der Waals surface area contributed by atoms with Crippen LogP contribution in [0.3, 0.4) is 0 Å². The fraction of sp³-hybridized carbons (Fsp3) is 0.471. The number of hydrogen-bond donors (Lipinski definition) is 1. The van der Waals surface area contributed by atoms with Crippen molar-refractivity contribution in [2.45, 2.75) is 25.3 Å². The lowest BCUT2D eigenvalue weighted by atomic mass is 10.2. The summed E-state index contributed by atoms with van der Waals surface area (Å²) in [7, 11) is -3.09. The third-order valence-electron chi connectivity index (χ3n) is 4.40. The van der Waals surface area contributed by atoms with Crippen LogP contribution in [0.1, 0.15) is 29.6 Å². The molecule has 0 saturated carbocycles. The van der Waals surface area contributed by atoms with Crippen LogP contribution in [0, 0.1) is 0 Å². The van der Waals surface area contributed by atoms with E-state index in [1.54, 1.807) is 29.2 Å². The van der Waals surface area contributed by atoms with Crippen LogP contribution in [0.5, 0.6) is 0 Å². The van der Waals surface area contributed by atoms with Crippen LogP contribution >= 0.6 is 0 Å². The van der Waals surface area contributed by atoms with E-state index in [0.717, 1.165) is 6.42 Å². The topological polar surface area (TPSA) is 110 Å². The normalized spacial score (nSPS) is 21.6. The van der Waals surface area contributed by atoms with Crippen molar-refractivity contribution in [3.05, 3.63) is 29.8 Å². The zero-order valence-corrected chi connectivity index (χ0v) is 15.0. The second-order valence-corrected chi connectivity index (χ2v) is 8.67.